The predicted octanol–water partition coefficient (Wildman–Crippen LogP) is 1.29. The van der Waals surface area contributed by atoms with E-state index in [9.17, 15) is 9.90 Å². The van der Waals surface area contributed by atoms with Crippen molar-refractivity contribution in [1.82, 2.24) is 10.2 Å². The van der Waals surface area contributed by atoms with Gasteiger partial charge in [-0.1, -0.05) is 18.2 Å². The van der Waals surface area contributed by atoms with Gasteiger partial charge in [-0.15, -0.1) is 0 Å². The maximum absolute atomic E-state index is 11.3. The van der Waals surface area contributed by atoms with Gasteiger partial charge in [0.15, 0.2) is 0 Å². The number of nitrogens with one attached hydrogen (secondary N) is 1. The number of rotatable bonds is 3. The second-order valence-electron chi connectivity index (χ2n) is 4.79. The molecule has 0 saturated carbocycles. The summed E-state index contributed by atoms with van der Waals surface area (Å²) in [6.07, 6.45) is 1.73. The van der Waals surface area contributed by atoms with Crippen molar-refractivity contribution < 1.29 is 14.3 Å². The van der Waals surface area contributed by atoms with Crippen molar-refractivity contribution in [3.63, 3.8) is 0 Å². The molecule has 0 amide bonds. The molecule has 0 spiro atoms. The van der Waals surface area contributed by atoms with Gasteiger partial charge in [0.25, 0.3) is 0 Å². The van der Waals surface area contributed by atoms with Gasteiger partial charge in [-0.25, -0.2) is 0 Å². The molecule has 1 aliphatic heterocycles. The summed E-state index contributed by atoms with van der Waals surface area (Å²) in [6, 6.07) is 7.36. The lowest BCUT2D eigenvalue weighted by atomic mass is 10.1. The Hall–Kier alpha value is -1.85. The van der Waals surface area contributed by atoms with Crippen molar-refractivity contribution in [3.05, 3.63) is 36.1 Å². The van der Waals surface area contributed by atoms with Crippen LogP contribution in [0.3, 0.4) is 0 Å². The molecule has 100 valence electrons. The summed E-state index contributed by atoms with van der Waals surface area (Å²) in [5.74, 6) is -0.778. The number of carboxylic acids is 1. The highest BCUT2D eigenvalue weighted by atomic mass is 16.4. The van der Waals surface area contributed by atoms with Crippen LogP contribution in [-0.2, 0) is 11.3 Å². The van der Waals surface area contributed by atoms with E-state index in [1.54, 1.807) is 6.26 Å². The number of para-hydroxylation sites is 1. The Labute approximate surface area is 110 Å². The summed E-state index contributed by atoms with van der Waals surface area (Å²) in [5.41, 5.74) is 1.89. The molecule has 5 heteroatoms. The molecule has 5 nitrogen and oxygen atoms in total. The number of hydrogen-bond donors (Lipinski definition) is 2. The smallest absolute Gasteiger partial charge is 0.322 e. The van der Waals surface area contributed by atoms with Crippen LogP contribution in [0.1, 0.15) is 5.56 Å². The quantitative estimate of drug-likeness (QED) is 0.870. The van der Waals surface area contributed by atoms with E-state index in [0.29, 0.717) is 13.1 Å². The number of nitrogens with zero attached hydrogens (tertiary/aromatic N) is 1. The van der Waals surface area contributed by atoms with E-state index < -0.39 is 12.0 Å². The molecule has 0 bridgehead atoms. The fourth-order valence-corrected chi connectivity index (χ4v) is 2.55. The maximum Gasteiger partial charge on any atom is 0.322 e. The summed E-state index contributed by atoms with van der Waals surface area (Å²) in [7, 11) is 0. The lowest BCUT2D eigenvalue weighted by Crippen LogP contribution is -2.54. The molecule has 1 aromatic heterocycles. The summed E-state index contributed by atoms with van der Waals surface area (Å²) in [6.45, 7) is 2.65. The highest BCUT2D eigenvalue weighted by molar-refractivity contribution is 5.81. The Bertz CT molecular complexity index is 593. The average Bonchev–Trinajstić information content (AvgIpc) is 2.83. The van der Waals surface area contributed by atoms with E-state index in [4.69, 9.17) is 4.42 Å². The van der Waals surface area contributed by atoms with Gasteiger partial charge in [-0.05, 0) is 6.07 Å². The Balaban J connectivity index is 1.85. The monoisotopic (exact) mass is 260 g/mol. The normalized spacial score (nSPS) is 20.7. The van der Waals surface area contributed by atoms with Crippen LogP contribution in [0.25, 0.3) is 11.0 Å². The first-order valence-electron chi connectivity index (χ1n) is 6.38. The van der Waals surface area contributed by atoms with E-state index in [-0.39, 0.29) is 0 Å². The lowest BCUT2D eigenvalue weighted by Gasteiger charge is -2.33. The van der Waals surface area contributed by atoms with Crippen molar-refractivity contribution in [2.45, 2.75) is 12.6 Å². The van der Waals surface area contributed by atoms with Crippen LogP contribution in [0.15, 0.2) is 34.9 Å². The van der Waals surface area contributed by atoms with Crippen LogP contribution < -0.4 is 5.32 Å². The van der Waals surface area contributed by atoms with E-state index in [1.807, 2.05) is 29.2 Å². The van der Waals surface area contributed by atoms with Gasteiger partial charge in [-0.2, -0.15) is 0 Å². The first kappa shape index (κ1) is 12.2. The zero-order valence-corrected chi connectivity index (χ0v) is 10.5. The van der Waals surface area contributed by atoms with Crippen LogP contribution in [0.4, 0.5) is 0 Å². The van der Waals surface area contributed by atoms with Crippen molar-refractivity contribution >= 4 is 16.9 Å². The minimum Gasteiger partial charge on any atom is -0.480 e. The Morgan fingerprint density at radius 1 is 1.47 bits per heavy atom. The lowest BCUT2D eigenvalue weighted by molar-refractivity contribution is -0.144. The van der Waals surface area contributed by atoms with Crippen LogP contribution in [0.5, 0.6) is 0 Å². The summed E-state index contributed by atoms with van der Waals surface area (Å²) in [4.78, 5) is 13.2. The molecule has 1 unspecified atom stereocenters. The van der Waals surface area contributed by atoms with Crippen molar-refractivity contribution in [1.29, 1.82) is 0 Å². The Morgan fingerprint density at radius 2 is 2.32 bits per heavy atom. The molecule has 2 heterocycles. The molecular weight excluding hydrogens is 244 g/mol. The minimum absolute atomic E-state index is 0.470. The molecule has 1 aromatic carbocycles. The van der Waals surface area contributed by atoms with Crippen molar-refractivity contribution in [3.8, 4) is 0 Å². The topological polar surface area (TPSA) is 65.7 Å². The van der Waals surface area contributed by atoms with Gasteiger partial charge in [0, 0.05) is 37.1 Å². The number of furan rings is 1. The van der Waals surface area contributed by atoms with E-state index in [1.165, 1.54) is 0 Å². The van der Waals surface area contributed by atoms with Gasteiger partial charge in [0.2, 0.25) is 0 Å². The molecule has 19 heavy (non-hydrogen) atoms. The molecule has 2 aromatic rings. The van der Waals surface area contributed by atoms with Crippen molar-refractivity contribution in [2.75, 3.05) is 19.6 Å². The number of hydrogen-bond acceptors (Lipinski definition) is 4. The molecule has 1 saturated heterocycles. The largest absolute Gasteiger partial charge is 0.480 e. The fourth-order valence-electron chi connectivity index (χ4n) is 2.55. The van der Waals surface area contributed by atoms with Gasteiger partial charge in [0.1, 0.15) is 11.6 Å². The molecular formula is C14H16N2O3. The number of piperazine rings is 1. The predicted molar refractivity (Wildman–Crippen MR) is 70.9 cm³/mol. The third kappa shape index (κ3) is 2.34. The Kier molecular flexibility index (Phi) is 3.23. The summed E-state index contributed by atoms with van der Waals surface area (Å²) in [5, 5.41) is 13.4. The SMILES string of the molecule is O=C(O)C1CNCCN1Cc1coc2ccccc12. The first-order valence-corrected chi connectivity index (χ1v) is 6.38. The average molecular weight is 260 g/mol. The maximum atomic E-state index is 11.3. The third-order valence-electron chi connectivity index (χ3n) is 3.57. The van der Waals surface area contributed by atoms with Gasteiger partial charge >= 0.3 is 5.97 Å². The zero-order valence-electron chi connectivity index (χ0n) is 10.5. The molecule has 0 aliphatic carbocycles. The van der Waals surface area contributed by atoms with E-state index >= 15 is 0 Å². The molecule has 2 N–H and O–H groups in total. The number of carbonyl (C=O) groups is 1. The Morgan fingerprint density at radius 3 is 3.16 bits per heavy atom. The third-order valence-corrected chi connectivity index (χ3v) is 3.57. The van der Waals surface area contributed by atoms with Gasteiger partial charge in [0.05, 0.1) is 6.26 Å². The molecule has 3 rings (SSSR count). The van der Waals surface area contributed by atoms with Gasteiger partial charge in [-0.3, -0.25) is 9.69 Å². The standard InChI is InChI=1S/C14H16N2O3/c17-14(18)12-7-15-5-6-16(12)8-10-9-19-13-4-2-1-3-11(10)13/h1-4,9,12,15H,5-8H2,(H,17,18). The second kappa shape index (κ2) is 5.03. The molecule has 1 fully saturated rings. The second-order valence-corrected chi connectivity index (χ2v) is 4.79. The van der Waals surface area contributed by atoms with Crippen LogP contribution in [-0.4, -0.2) is 41.7 Å². The highest BCUT2D eigenvalue weighted by Gasteiger charge is 2.28. The number of aliphatic carboxylic acids is 1. The van der Waals surface area contributed by atoms with E-state index in [2.05, 4.69) is 5.32 Å². The number of benzene rings is 1. The molecule has 0 radical (unpaired) electrons. The van der Waals surface area contributed by atoms with Crippen LogP contribution >= 0.6 is 0 Å². The zero-order chi connectivity index (χ0) is 13.2. The molecule has 1 aliphatic rings. The van der Waals surface area contributed by atoms with Crippen molar-refractivity contribution in [2.24, 2.45) is 0 Å². The van der Waals surface area contributed by atoms with Crippen LogP contribution in [0, 0.1) is 0 Å². The molecule has 1 atom stereocenters. The van der Waals surface area contributed by atoms with Crippen LogP contribution in [0.2, 0.25) is 0 Å². The number of carboxylic acid groups (broad SMARTS) is 1. The fraction of sp³-hybridized carbons (Fsp3) is 0.357. The highest BCUT2D eigenvalue weighted by Crippen LogP contribution is 2.23. The summed E-state index contributed by atoms with van der Waals surface area (Å²) < 4.78 is 5.50. The number of fused-ring (bicyclic) bond motifs is 1. The minimum atomic E-state index is -0.778. The summed E-state index contributed by atoms with van der Waals surface area (Å²) >= 11 is 0. The van der Waals surface area contributed by atoms with E-state index in [0.717, 1.165) is 29.6 Å². The van der Waals surface area contributed by atoms with Gasteiger partial charge < -0.3 is 14.8 Å². The first-order chi connectivity index (χ1) is 9.25.